The van der Waals surface area contributed by atoms with Gasteiger partial charge in [-0.1, -0.05) is 40.2 Å². The lowest BCUT2D eigenvalue weighted by Crippen LogP contribution is -2.24. The summed E-state index contributed by atoms with van der Waals surface area (Å²) in [5.74, 6) is 0.154. The van der Waals surface area contributed by atoms with E-state index in [-0.39, 0.29) is 12.5 Å². The standard InChI is InChI=1S/C22H18Br2N4O2/c1-13-16(14-6-3-4-8-19(14)28(13)2)11-26-27-20(29)12-30-22-18(24)10-17(23)15-7-5-9-25-21(15)22/h3-11H,12H2,1-2H3,(H,27,29)/b26-11-. The van der Waals surface area contributed by atoms with Crippen molar-refractivity contribution in [3.63, 3.8) is 0 Å². The van der Waals surface area contributed by atoms with Crippen LogP contribution in [0.4, 0.5) is 0 Å². The maximum Gasteiger partial charge on any atom is 0.277 e. The van der Waals surface area contributed by atoms with Crippen molar-refractivity contribution in [2.75, 3.05) is 6.61 Å². The molecule has 30 heavy (non-hydrogen) atoms. The Morgan fingerprint density at radius 2 is 1.97 bits per heavy atom. The molecule has 0 bridgehead atoms. The molecule has 0 radical (unpaired) electrons. The molecule has 4 aromatic rings. The maximum atomic E-state index is 12.3. The number of nitrogens with zero attached hydrogens (tertiary/aromatic N) is 3. The Hall–Kier alpha value is -2.71. The third-order valence-electron chi connectivity index (χ3n) is 4.93. The van der Waals surface area contributed by atoms with Crippen molar-refractivity contribution < 1.29 is 9.53 Å². The van der Waals surface area contributed by atoms with Gasteiger partial charge in [0.2, 0.25) is 0 Å². The molecular weight excluding hydrogens is 512 g/mol. The fourth-order valence-corrected chi connectivity index (χ4v) is 4.72. The quantitative estimate of drug-likeness (QED) is 0.289. The van der Waals surface area contributed by atoms with Gasteiger partial charge in [0.15, 0.2) is 12.4 Å². The number of nitrogens with one attached hydrogen (secondary N) is 1. The topological polar surface area (TPSA) is 68.5 Å². The molecule has 0 aliphatic heterocycles. The van der Waals surface area contributed by atoms with Crippen LogP contribution in [-0.2, 0) is 11.8 Å². The molecule has 2 aromatic heterocycles. The van der Waals surface area contributed by atoms with Crippen LogP contribution in [0.5, 0.6) is 5.75 Å². The highest BCUT2D eigenvalue weighted by Crippen LogP contribution is 2.37. The summed E-state index contributed by atoms with van der Waals surface area (Å²) in [4.78, 5) is 16.6. The summed E-state index contributed by atoms with van der Waals surface area (Å²) in [5, 5.41) is 6.11. The summed E-state index contributed by atoms with van der Waals surface area (Å²) < 4.78 is 9.45. The zero-order chi connectivity index (χ0) is 21.3. The van der Waals surface area contributed by atoms with E-state index in [1.807, 2.05) is 50.4 Å². The predicted molar refractivity (Wildman–Crippen MR) is 126 cm³/mol. The molecule has 1 N–H and O–H groups in total. The van der Waals surface area contributed by atoms with Crippen LogP contribution in [0.2, 0.25) is 0 Å². The fourth-order valence-electron chi connectivity index (χ4n) is 3.34. The lowest BCUT2D eigenvalue weighted by Gasteiger charge is -2.11. The Morgan fingerprint density at radius 3 is 2.80 bits per heavy atom. The highest BCUT2D eigenvalue weighted by Gasteiger charge is 2.14. The van der Waals surface area contributed by atoms with E-state index in [4.69, 9.17) is 4.74 Å². The van der Waals surface area contributed by atoms with Crippen molar-refractivity contribution in [3.05, 3.63) is 68.9 Å². The van der Waals surface area contributed by atoms with E-state index in [0.717, 1.165) is 32.0 Å². The Bertz CT molecular complexity index is 1300. The summed E-state index contributed by atoms with van der Waals surface area (Å²) in [7, 11) is 2.01. The van der Waals surface area contributed by atoms with Crippen LogP contribution in [0.25, 0.3) is 21.8 Å². The van der Waals surface area contributed by atoms with Gasteiger partial charge in [0, 0.05) is 45.3 Å². The Balaban J connectivity index is 1.47. The molecule has 0 aliphatic rings. The molecule has 2 heterocycles. The van der Waals surface area contributed by atoms with Gasteiger partial charge in [0.05, 0.1) is 10.7 Å². The minimum absolute atomic E-state index is 0.183. The van der Waals surface area contributed by atoms with Gasteiger partial charge in [-0.15, -0.1) is 0 Å². The lowest BCUT2D eigenvalue weighted by atomic mass is 10.1. The molecule has 0 atom stereocenters. The van der Waals surface area contributed by atoms with E-state index in [9.17, 15) is 4.79 Å². The number of hydrogen-bond donors (Lipinski definition) is 1. The van der Waals surface area contributed by atoms with E-state index in [0.29, 0.717) is 15.7 Å². The molecule has 8 heteroatoms. The van der Waals surface area contributed by atoms with E-state index in [2.05, 4.69) is 58.0 Å². The first-order valence-electron chi connectivity index (χ1n) is 9.19. The highest BCUT2D eigenvalue weighted by atomic mass is 79.9. The monoisotopic (exact) mass is 528 g/mol. The van der Waals surface area contributed by atoms with Crippen molar-refractivity contribution >= 4 is 65.8 Å². The number of amides is 1. The first-order valence-corrected chi connectivity index (χ1v) is 10.8. The second-order valence-electron chi connectivity index (χ2n) is 6.73. The van der Waals surface area contributed by atoms with Crippen molar-refractivity contribution in [2.24, 2.45) is 12.1 Å². The number of pyridine rings is 1. The molecular formula is C22H18Br2N4O2. The van der Waals surface area contributed by atoms with Gasteiger partial charge in [-0.05, 0) is 41.1 Å². The maximum absolute atomic E-state index is 12.3. The number of rotatable bonds is 5. The second kappa shape index (κ2) is 8.57. The van der Waals surface area contributed by atoms with Crippen LogP contribution in [0.15, 0.2) is 62.7 Å². The normalized spacial score (nSPS) is 11.5. The van der Waals surface area contributed by atoms with Crippen LogP contribution in [-0.4, -0.2) is 28.3 Å². The highest BCUT2D eigenvalue weighted by molar-refractivity contribution is 9.11. The van der Waals surface area contributed by atoms with Crippen LogP contribution in [0.3, 0.4) is 0 Å². The van der Waals surface area contributed by atoms with Gasteiger partial charge in [-0.25, -0.2) is 5.43 Å². The molecule has 2 aromatic carbocycles. The molecule has 0 aliphatic carbocycles. The number of para-hydroxylation sites is 1. The average Bonchev–Trinajstić information content (AvgIpc) is 2.99. The molecule has 6 nitrogen and oxygen atoms in total. The molecule has 0 saturated carbocycles. The van der Waals surface area contributed by atoms with Crippen molar-refractivity contribution in [3.8, 4) is 5.75 Å². The van der Waals surface area contributed by atoms with Gasteiger partial charge in [-0.2, -0.15) is 5.10 Å². The molecule has 0 fully saturated rings. The smallest absolute Gasteiger partial charge is 0.277 e. The van der Waals surface area contributed by atoms with E-state index in [1.54, 1.807) is 12.4 Å². The van der Waals surface area contributed by atoms with Gasteiger partial charge in [0.25, 0.3) is 5.91 Å². The Labute approximate surface area is 190 Å². The number of hydrogen-bond acceptors (Lipinski definition) is 4. The second-order valence-corrected chi connectivity index (χ2v) is 8.43. The Morgan fingerprint density at radius 1 is 1.20 bits per heavy atom. The van der Waals surface area contributed by atoms with Gasteiger partial charge in [0.1, 0.15) is 5.52 Å². The zero-order valence-corrected chi connectivity index (χ0v) is 19.5. The van der Waals surface area contributed by atoms with Crippen LogP contribution < -0.4 is 10.2 Å². The van der Waals surface area contributed by atoms with Crippen LogP contribution >= 0.6 is 31.9 Å². The summed E-state index contributed by atoms with van der Waals surface area (Å²) in [6, 6.07) is 13.7. The number of hydrazone groups is 1. The van der Waals surface area contributed by atoms with E-state index >= 15 is 0 Å². The number of ether oxygens (including phenoxy) is 1. The van der Waals surface area contributed by atoms with Gasteiger partial charge >= 0.3 is 0 Å². The molecule has 4 rings (SSSR count). The lowest BCUT2D eigenvalue weighted by molar-refractivity contribution is -0.123. The minimum Gasteiger partial charge on any atom is -0.480 e. The molecule has 1 amide bonds. The number of halogens is 2. The summed E-state index contributed by atoms with van der Waals surface area (Å²) >= 11 is 6.99. The summed E-state index contributed by atoms with van der Waals surface area (Å²) in [6.45, 7) is 1.84. The zero-order valence-electron chi connectivity index (χ0n) is 16.3. The number of fused-ring (bicyclic) bond motifs is 2. The third kappa shape index (κ3) is 3.85. The third-order valence-corrected chi connectivity index (χ3v) is 6.17. The predicted octanol–water partition coefficient (Wildman–Crippen LogP) is 5.09. The summed E-state index contributed by atoms with van der Waals surface area (Å²) in [5.41, 5.74) is 6.36. The van der Waals surface area contributed by atoms with Crippen LogP contribution in [0.1, 0.15) is 11.3 Å². The fraction of sp³-hybridized carbons (Fsp3) is 0.136. The average molecular weight is 530 g/mol. The molecule has 0 saturated heterocycles. The SMILES string of the molecule is Cc1c(/C=N\NC(=O)COc2c(Br)cc(Br)c3cccnc23)c2ccccc2n1C. The van der Waals surface area contributed by atoms with Crippen molar-refractivity contribution in [1.82, 2.24) is 15.0 Å². The number of benzene rings is 2. The number of carbonyl (C=O) groups is 1. The number of carbonyl (C=O) groups excluding carboxylic acids is 1. The first kappa shape index (κ1) is 20.6. The van der Waals surface area contributed by atoms with Gasteiger partial charge in [-0.3, -0.25) is 9.78 Å². The van der Waals surface area contributed by atoms with Gasteiger partial charge < -0.3 is 9.30 Å². The molecule has 0 unspecified atom stereocenters. The largest absolute Gasteiger partial charge is 0.480 e. The van der Waals surface area contributed by atoms with E-state index in [1.165, 1.54) is 0 Å². The Kier molecular flexibility index (Phi) is 5.87. The first-order chi connectivity index (χ1) is 14.5. The summed E-state index contributed by atoms with van der Waals surface area (Å²) in [6.07, 6.45) is 3.35. The van der Waals surface area contributed by atoms with Crippen molar-refractivity contribution in [2.45, 2.75) is 6.92 Å². The number of aromatic nitrogens is 2. The van der Waals surface area contributed by atoms with Crippen LogP contribution in [0, 0.1) is 6.92 Å². The van der Waals surface area contributed by atoms with Crippen molar-refractivity contribution in [1.29, 1.82) is 0 Å². The van der Waals surface area contributed by atoms with E-state index < -0.39 is 0 Å². The molecule has 0 spiro atoms. The molecule has 152 valence electrons. The number of aryl methyl sites for hydroxylation is 1. The minimum atomic E-state index is -0.358.